The van der Waals surface area contributed by atoms with Gasteiger partial charge in [-0.2, -0.15) is 5.10 Å². The minimum absolute atomic E-state index is 0.00549. The first-order valence-electron chi connectivity index (χ1n) is 8.38. The molecule has 0 spiro atoms. The molecule has 4 nitrogen and oxygen atoms in total. The summed E-state index contributed by atoms with van der Waals surface area (Å²) in [7, 11) is 0. The Kier molecular flexibility index (Phi) is 4.24. The molecule has 1 aliphatic rings. The Morgan fingerprint density at radius 1 is 1.17 bits per heavy atom. The third kappa shape index (κ3) is 3.81. The second kappa shape index (κ2) is 6.19. The highest BCUT2D eigenvalue weighted by atomic mass is 16.1. The number of fused-ring (bicyclic) bond motifs is 1. The molecule has 2 N–H and O–H groups in total. The van der Waals surface area contributed by atoms with Crippen molar-refractivity contribution in [3.63, 3.8) is 0 Å². The fourth-order valence-electron chi connectivity index (χ4n) is 3.04. The molecule has 0 unspecified atom stereocenters. The van der Waals surface area contributed by atoms with E-state index in [4.69, 9.17) is 0 Å². The van der Waals surface area contributed by atoms with E-state index in [1.807, 2.05) is 6.07 Å². The van der Waals surface area contributed by atoms with Crippen LogP contribution in [0.3, 0.4) is 0 Å². The summed E-state index contributed by atoms with van der Waals surface area (Å²) in [5.74, 6) is 0.575. The van der Waals surface area contributed by atoms with Gasteiger partial charge < -0.3 is 5.32 Å². The van der Waals surface area contributed by atoms with Crippen molar-refractivity contribution in [1.82, 2.24) is 10.2 Å². The Hall–Kier alpha value is -2.10. The monoisotopic (exact) mass is 311 g/mol. The topological polar surface area (TPSA) is 57.8 Å². The number of carbonyl (C=O) groups excluding carboxylic acids is 1. The molecule has 0 atom stereocenters. The summed E-state index contributed by atoms with van der Waals surface area (Å²) >= 11 is 0. The molecule has 1 aliphatic carbocycles. The normalized spacial score (nSPS) is 14.4. The molecule has 0 fully saturated rings. The van der Waals surface area contributed by atoms with E-state index in [1.54, 1.807) is 0 Å². The first kappa shape index (κ1) is 15.8. The van der Waals surface area contributed by atoms with Crippen LogP contribution < -0.4 is 5.32 Å². The lowest BCUT2D eigenvalue weighted by Gasteiger charge is -2.16. The maximum Gasteiger partial charge on any atom is 0.229 e. The zero-order chi connectivity index (χ0) is 16.4. The van der Waals surface area contributed by atoms with Crippen molar-refractivity contribution in [3.05, 3.63) is 46.6 Å². The summed E-state index contributed by atoms with van der Waals surface area (Å²) in [4.78, 5) is 12.2. The van der Waals surface area contributed by atoms with E-state index in [0.717, 1.165) is 17.7 Å². The minimum atomic E-state index is -0.0206. The number of aromatic amines is 1. The van der Waals surface area contributed by atoms with Crippen LogP contribution in [0.1, 0.15) is 56.0 Å². The highest BCUT2D eigenvalue weighted by Crippen LogP contribution is 2.23. The van der Waals surface area contributed by atoms with Gasteiger partial charge in [-0.05, 0) is 42.4 Å². The largest absolute Gasteiger partial charge is 0.309 e. The molecular weight excluding hydrogens is 286 g/mol. The van der Waals surface area contributed by atoms with Gasteiger partial charge >= 0.3 is 0 Å². The van der Waals surface area contributed by atoms with Crippen LogP contribution in [0.5, 0.6) is 0 Å². The van der Waals surface area contributed by atoms with Crippen molar-refractivity contribution < 1.29 is 4.79 Å². The van der Waals surface area contributed by atoms with Crippen LogP contribution in [-0.2, 0) is 29.5 Å². The van der Waals surface area contributed by atoms with Crippen LogP contribution in [0.25, 0.3) is 0 Å². The molecule has 0 bridgehead atoms. The molecule has 1 heterocycles. The minimum Gasteiger partial charge on any atom is -0.309 e. The fourth-order valence-corrected chi connectivity index (χ4v) is 3.04. The van der Waals surface area contributed by atoms with E-state index in [1.165, 1.54) is 30.4 Å². The Morgan fingerprint density at radius 3 is 2.61 bits per heavy atom. The van der Waals surface area contributed by atoms with Crippen molar-refractivity contribution in [2.45, 2.75) is 58.3 Å². The average molecular weight is 311 g/mol. The van der Waals surface area contributed by atoms with Crippen LogP contribution in [-0.4, -0.2) is 16.1 Å². The van der Waals surface area contributed by atoms with Gasteiger partial charge in [-0.3, -0.25) is 9.89 Å². The van der Waals surface area contributed by atoms with E-state index in [-0.39, 0.29) is 11.3 Å². The van der Waals surface area contributed by atoms with E-state index >= 15 is 0 Å². The molecule has 1 amide bonds. The predicted octanol–water partition coefficient (Wildman–Crippen LogP) is 3.77. The Balaban J connectivity index is 1.64. The molecule has 4 heteroatoms. The van der Waals surface area contributed by atoms with Crippen LogP contribution in [0.4, 0.5) is 5.82 Å². The van der Waals surface area contributed by atoms with Crippen molar-refractivity contribution >= 4 is 11.7 Å². The maximum absolute atomic E-state index is 12.2. The zero-order valence-corrected chi connectivity index (χ0v) is 14.2. The number of hydrogen-bond donors (Lipinski definition) is 2. The van der Waals surface area contributed by atoms with Gasteiger partial charge in [0.25, 0.3) is 0 Å². The number of amides is 1. The standard InChI is InChI=1S/C19H25N3O/c1-19(2,3)16-12-17(22-21-16)20-18(23)11-13-8-9-14-6-4-5-7-15(14)10-13/h8-10,12H,4-7,11H2,1-3H3,(H2,20,21,22,23). The number of aromatic nitrogens is 2. The SMILES string of the molecule is CC(C)(C)c1cc(NC(=O)Cc2ccc3c(c2)CCCC3)n[nH]1. The lowest BCUT2D eigenvalue weighted by Crippen LogP contribution is -2.15. The summed E-state index contributed by atoms with van der Waals surface area (Å²) in [6.07, 6.45) is 5.24. The second-order valence-corrected chi connectivity index (χ2v) is 7.45. The molecule has 0 saturated carbocycles. The van der Waals surface area contributed by atoms with Gasteiger partial charge in [0.2, 0.25) is 5.91 Å². The quantitative estimate of drug-likeness (QED) is 0.906. The van der Waals surface area contributed by atoms with Gasteiger partial charge in [-0.25, -0.2) is 0 Å². The smallest absolute Gasteiger partial charge is 0.229 e. The molecule has 3 rings (SSSR count). The maximum atomic E-state index is 12.2. The first-order valence-corrected chi connectivity index (χ1v) is 8.38. The van der Waals surface area contributed by atoms with Gasteiger partial charge in [0.05, 0.1) is 6.42 Å². The summed E-state index contributed by atoms with van der Waals surface area (Å²) in [5.41, 5.74) is 4.95. The highest BCUT2D eigenvalue weighted by molar-refractivity contribution is 5.91. The lowest BCUT2D eigenvalue weighted by molar-refractivity contribution is -0.115. The molecular formula is C19H25N3O. The third-order valence-electron chi connectivity index (χ3n) is 4.43. The Morgan fingerprint density at radius 2 is 1.91 bits per heavy atom. The van der Waals surface area contributed by atoms with Crippen LogP contribution in [0.2, 0.25) is 0 Å². The lowest BCUT2D eigenvalue weighted by atomic mass is 9.90. The van der Waals surface area contributed by atoms with Crippen LogP contribution >= 0.6 is 0 Å². The number of hydrogen-bond acceptors (Lipinski definition) is 2. The van der Waals surface area contributed by atoms with E-state index in [9.17, 15) is 4.79 Å². The molecule has 0 aliphatic heterocycles. The number of aryl methyl sites for hydroxylation is 2. The van der Waals surface area contributed by atoms with Crippen LogP contribution in [0.15, 0.2) is 24.3 Å². The van der Waals surface area contributed by atoms with Gasteiger partial charge in [0.15, 0.2) is 5.82 Å². The summed E-state index contributed by atoms with van der Waals surface area (Å²) < 4.78 is 0. The molecule has 23 heavy (non-hydrogen) atoms. The Labute approximate surface area is 137 Å². The van der Waals surface area contributed by atoms with Gasteiger partial charge in [0, 0.05) is 17.2 Å². The van der Waals surface area contributed by atoms with Gasteiger partial charge in [-0.1, -0.05) is 39.0 Å². The molecule has 0 radical (unpaired) electrons. The zero-order valence-electron chi connectivity index (χ0n) is 14.2. The van der Waals surface area contributed by atoms with Gasteiger partial charge in [0.1, 0.15) is 0 Å². The number of H-pyrrole nitrogens is 1. The Bertz CT molecular complexity index is 710. The predicted molar refractivity (Wildman–Crippen MR) is 92.7 cm³/mol. The molecule has 1 aromatic carbocycles. The number of benzene rings is 1. The van der Waals surface area contributed by atoms with Crippen molar-refractivity contribution in [2.75, 3.05) is 5.32 Å². The number of nitrogens with one attached hydrogen (secondary N) is 2. The number of rotatable bonds is 3. The van der Waals surface area contributed by atoms with Crippen molar-refractivity contribution in [1.29, 1.82) is 0 Å². The van der Waals surface area contributed by atoms with E-state index in [2.05, 4.69) is 54.5 Å². The van der Waals surface area contributed by atoms with E-state index in [0.29, 0.717) is 12.2 Å². The van der Waals surface area contributed by atoms with Gasteiger partial charge in [-0.15, -0.1) is 0 Å². The number of carbonyl (C=O) groups is 1. The highest BCUT2D eigenvalue weighted by Gasteiger charge is 2.17. The van der Waals surface area contributed by atoms with Crippen molar-refractivity contribution in [2.24, 2.45) is 0 Å². The van der Waals surface area contributed by atoms with E-state index < -0.39 is 0 Å². The second-order valence-electron chi connectivity index (χ2n) is 7.45. The molecule has 0 saturated heterocycles. The summed E-state index contributed by atoms with van der Waals surface area (Å²) in [6, 6.07) is 8.36. The molecule has 2 aromatic rings. The van der Waals surface area contributed by atoms with Crippen molar-refractivity contribution in [3.8, 4) is 0 Å². The third-order valence-corrected chi connectivity index (χ3v) is 4.43. The molecule has 1 aromatic heterocycles. The van der Waals surface area contributed by atoms with Crippen LogP contribution in [0, 0.1) is 0 Å². The summed E-state index contributed by atoms with van der Waals surface area (Å²) in [5, 5.41) is 10.1. The number of nitrogens with zero attached hydrogens (tertiary/aromatic N) is 1. The fraction of sp³-hybridized carbons (Fsp3) is 0.474. The first-order chi connectivity index (χ1) is 10.9. The average Bonchev–Trinajstić information content (AvgIpc) is 2.95. The summed E-state index contributed by atoms with van der Waals surface area (Å²) in [6.45, 7) is 6.33. The number of anilines is 1. The molecule has 122 valence electrons.